The van der Waals surface area contributed by atoms with Gasteiger partial charge in [0.05, 0.1) is 22.3 Å². The predicted molar refractivity (Wildman–Crippen MR) is 57.8 cm³/mol. The fourth-order valence-corrected chi connectivity index (χ4v) is 1.50. The van der Waals surface area contributed by atoms with Gasteiger partial charge in [0.1, 0.15) is 6.04 Å². The van der Waals surface area contributed by atoms with Gasteiger partial charge in [0.15, 0.2) is 0 Å². The molecule has 0 spiro atoms. The maximum Gasteiger partial charge on any atom is 0.329 e. The summed E-state index contributed by atoms with van der Waals surface area (Å²) in [5.74, 6) is -0.561. The number of halogens is 2. The van der Waals surface area contributed by atoms with E-state index in [-0.39, 0.29) is 17.3 Å². The highest BCUT2D eigenvalue weighted by molar-refractivity contribution is 6.34. The average molecular weight is 249 g/mol. The van der Waals surface area contributed by atoms with Crippen molar-refractivity contribution in [3.8, 4) is 0 Å². The molecule has 0 saturated heterocycles. The van der Waals surface area contributed by atoms with Crippen molar-refractivity contribution >= 4 is 29.2 Å². The van der Waals surface area contributed by atoms with E-state index in [1.54, 1.807) is 6.92 Å². The number of hydrogen-bond donors (Lipinski definition) is 1. The van der Waals surface area contributed by atoms with E-state index in [0.717, 1.165) is 0 Å². The zero-order valence-corrected chi connectivity index (χ0v) is 9.55. The number of rotatable bonds is 3. The molecule has 15 heavy (non-hydrogen) atoms. The molecule has 1 rings (SSSR count). The summed E-state index contributed by atoms with van der Waals surface area (Å²) in [7, 11) is 0. The van der Waals surface area contributed by atoms with Gasteiger partial charge in [-0.2, -0.15) is 0 Å². The van der Waals surface area contributed by atoms with Crippen LogP contribution in [0.1, 0.15) is 18.7 Å². The number of nitrogens with zero attached hydrogens (tertiary/aromatic N) is 1. The highest BCUT2D eigenvalue weighted by atomic mass is 35.5. The van der Waals surface area contributed by atoms with Crippen LogP contribution in [0.2, 0.25) is 10.0 Å². The summed E-state index contributed by atoms with van der Waals surface area (Å²) < 4.78 is 4.75. The van der Waals surface area contributed by atoms with Gasteiger partial charge in [-0.25, -0.2) is 4.79 Å². The summed E-state index contributed by atoms with van der Waals surface area (Å²) in [6.07, 6.45) is 1.38. The van der Waals surface area contributed by atoms with Gasteiger partial charge in [-0.05, 0) is 13.0 Å². The minimum absolute atomic E-state index is 0.253. The SMILES string of the molecule is CCOC(=O)C(N)c1ncc(Cl)cc1Cl. The van der Waals surface area contributed by atoms with Gasteiger partial charge in [-0.3, -0.25) is 4.98 Å². The minimum Gasteiger partial charge on any atom is -0.465 e. The van der Waals surface area contributed by atoms with Crippen LogP contribution in [0.15, 0.2) is 12.3 Å². The third-order valence-electron chi connectivity index (χ3n) is 1.67. The molecule has 0 fully saturated rings. The Bertz CT molecular complexity index is 371. The van der Waals surface area contributed by atoms with Crippen molar-refractivity contribution in [3.63, 3.8) is 0 Å². The highest BCUT2D eigenvalue weighted by Gasteiger charge is 2.21. The Morgan fingerprint density at radius 3 is 2.87 bits per heavy atom. The summed E-state index contributed by atoms with van der Waals surface area (Å²) in [5, 5.41) is 0.642. The third kappa shape index (κ3) is 3.06. The van der Waals surface area contributed by atoms with Crippen molar-refractivity contribution in [1.82, 2.24) is 4.98 Å². The van der Waals surface area contributed by atoms with Crippen LogP contribution < -0.4 is 5.73 Å². The first-order valence-corrected chi connectivity index (χ1v) is 5.05. The van der Waals surface area contributed by atoms with E-state index >= 15 is 0 Å². The van der Waals surface area contributed by atoms with Gasteiger partial charge in [0.2, 0.25) is 0 Å². The molecule has 0 saturated carbocycles. The number of hydrogen-bond acceptors (Lipinski definition) is 4. The van der Waals surface area contributed by atoms with Crippen LogP contribution in [0, 0.1) is 0 Å². The molecule has 0 aliphatic rings. The second-order valence-corrected chi connectivity index (χ2v) is 3.59. The molecular formula is C9H10Cl2N2O2. The molecule has 82 valence electrons. The number of esters is 1. The Kier molecular flexibility index (Phi) is 4.32. The Morgan fingerprint density at radius 1 is 1.67 bits per heavy atom. The van der Waals surface area contributed by atoms with E-state index in [9.17, 15) is 4.79 Å². The first-order valence-electron chi connectivity index (χ1n) is 4.29. The molecule has 0 radical (unpaired) electrons. The van der Waals surface area contributed by atoms with Gasteiger partial charge < -0.3 is 10.5 Å². The molecular weight excluding hydrogens is 239 g/mol. The standard InChI is InChI=1S/C9H10Cl2N2O2/c1-2-15-9(14)7(12)8-6(11)3-5(10)4-13-8/h3-4,7H,2,12H2,1H3. The number of ether oxygens (including phenoxy) is 1. The van der Waals surface area contributed by atoms with Crippen LogP contribution in [0.4, 0.5) is 0 Å². The van der Waals surface area contributed by atoms with Gasteiger partial charge >= 0.3 is 5.97 Å². The Morgan fingerprint density at radius 2 is 2.33 bits per heavy atom. The maximum atomic E-state index is 11.3. The van der Waals surface area contributed by atoms with Crippen LogP contribution >= 0.6 is 23.2 Å². The maximum absolute atomic E-state index is 11.3. The van der Waals surface area contributed by atoms with Crippen molar-refractivity contribution in [2.45, 2.75) is 13.0 Å². The van der Waals surface area contributed by atoms with Crippen molar-refractivity contribution in [2.75, 3.05) is 6.61 Å². The molecule has 1 unspecified atom stereocenters. The highest BCUT2D eigenvalue weighted by Crippen LogP contribution is 2.23. The fraction of sp³-hybridized carbons (Fsp3) is 0.333. The van der Waals surface area contributed by atoms with E-state index in [1.807, 2.05) is 0 Å². The van der Waals surface area contributed by atoms with Crippen molar-refractivity contribution in [3.05, 3.63) is 28.0 Å². The van der Waals surface area contributed by atoms with E-state index in [1.165, 1.54) is 12.3 Å². The molecule has 1 heterocycles. The summed E-state index contributed by atoms with van der Waals surface area (Å²) in [4.78, 5) is 15.2. The lowest BCUT2D eigenvalue weighted by atomic mass is 10.2. The lowest BCUT2D eigenvalue weighted by molar-refractivity contribution is -0.144. The van der Waals surface area contributed by atoms with Crippen molar-refractivity contribution in [2.24, 2.45) is 5.73 Å². The van der Waals surface area contributed by atoms with Crippen LogP contribution in [-0.4, -0.2) is 17.6 Å². The Balaban J connectivity index is 2.91. The van der Waals surface area contributed by atoms with Gasteiger partial charge in [0, 0.05) is 6.20 Å². The van der Waals surface area contributed by atoms with Gasteiger partial charge in [-0.1, -0.05) is 23.2 Å². The molecule has 4 nitrogen and oxygen atoms in total. The van der Waals surface area contributed by atoms with Crippen LogP contribution in [0.3, 0.4) is 0 Å². The normalized spacial score (nSPS) is 12.3. The number of nitrogens with two attached hydrogens (primary N) is 1. The van der Waals surface area contributed by atoms with Gasteiger partial charge in [0.25, 0.3) is 0 Å². The smallest absolute Gasteiger partial charge is 0.329 e. The van der Waals surface area contributed by atoms with Crippen LogP contribution in [0.25, 0.3) is 0 Å². The van der Waals surface area contributed by atoms with E-state index < -0.39 is 12.0 Å². The molecule has 0 aliphatic carbocycles. The minimum atomic E-state index is -0.977. The summed E-state index contributed by atoms with van der Waals surface area (Å²) in [6.45, 7) is 1.96. The van der Waals surface area contributed by atoms with E-state index in [2.05, 4.69) is 4.98 Å². The van der Waals surface area contributed by atoms with Crippen molar-refractivity contribution < 1.29 is 9.53 Å². The van der Waals surface area contributed by atoms with E-state index in [0.29, 0.717) is 5.02 Å². The number of carbonyl (C=O) groups excluding carboxylic acids is 1. The van der Waals surface area contributed by atoms with Crippen molar-refractivity contribution in [1.29, 1.82) is 0 Å². The Labute approximate surface area is 97.3 Å². The lowest BCUT2D eigenvalue weighted by Gasteiger charge is -2.11. The van der Waals surface area contributed by atoms with Gasteiger partial charge in [-0.15, -0.1) is 0 Å². The molecule has 1 aromatic heterocycles. The number of carbonyl (C=O) groups is 1. The lowest BCUT2D eigenvalue weighted by Crippen LogP contribution is -2.25. The van der Waals surface area contributed by atoms with Crippen LogP contribution in [0.5, 0.6) is 0 Å². The van der Waals surface area contributed by atoms with Crippen LogP contribution in [-0.2, 0) is 9.53 Å². The molecule has 0 bridgehead atoms. The molecule has 1 atom stereocenters. The second-order valence-electron chi connectivity index (χ2n) is 2.75. The molecule has 2 N–H and O–H groups in total. The summed E-state index contributed by atoms with van der Waals surface area (Å²) in [6, 6.07) is 0.500. The quantitative estimate of drug-likeness (QED) is 0.831. The predicted octanol–water partition coefficient (Wildman–Crippen LogP) is 1.95. The first kappa shape index (κ1) is 12.2. The monoisotopic (exact) mass is 248 g/mol. The summed E-state index contributed by atoms with van der Waals surface area (Å²) >= 11 is 11.5. The molecule has 0 aliphatic heterocycles. The largest absolute Gasteiger partial charge is 0.465 e. The number of aromatic nitrogens is 1. The Hall–Kier alpha value is -0.840. The molecule has 0 aromatic carbocycles. The van der Waals surface area contributed by atoms with E-state index in [4.69, 9.17) is 33.7 Å². The first-order chi connectivity index (χ1) is 7.06. The summed E-state index contributed by atoms with van der Waals surface area (Å²) in [5.41, 5.74) is 5.87. The second kappa shape index (κ2) is 5.30. The zero-order chi connectivity index (χ0) is 11.4. The molecule has 6 heteroatoms. The zero-order valence-electron chi connectivity index (χ0n) is 8.04. The fourth-order valence-electron chi connectivity index (χ4n) is 0.998. The third-order valence-corrected chi connectivity index (χ3v) is 2.18. The topological polar surface area (TPSA) is 65.2 Å². The molecule has 0 amide bonds. The number of pyridine rings is 1. The average Bonchev–Trinajstić information content (AvgIpc) is 2.17. The molecule has 1 aromatic rings.